The quantitative estimate of drug-likeness (QED) is 0.672. The normalized spacial score (nSPS) is 10.3. The van der Waals surface area contributed by atoms with Crippen molar-refractivity contribution in [2.75, 3.05) is 7.11 Å². The average Bonchev–Trinajstić information content (AvgIpc) is 2.59. The van der Waals surface area contributed by atoms with Gasteiger partial charge in [-0.2, -0.15) is 0 Å². The molecule has 0 aliphatic heterocycles. The second kappa shape index (κ2) is 7.74. The monoisotopic (exact) mass is 314 g/mol. The van der Waals surface area contributed by atoms with Crippen molar-refractivity contribution in [2.45, 2.75) is 0 Å². The number of hydrogen-bond donors (Lipinski definition) is 2. The zero-order chi connectivity index (χ0) is 16.7. The Morgan fingerprint density at radius 2 is 1.74 bits per heavy atom. The lowest BCUT2D eigenvalue weighted by Crippen LogP contribution is -2.40. The van der Waals surface area contributed by atoms with Crippen LogP contribution in [0.1, 0.15) is 15.9 Å². The number of carbonyl (C=O) groups excluding carboxylic acids is 2. The molecule has 0 aliphatic rings. The molecule has 2 rings (SSSR count). The van der Waals surface area contributed by atoms with Crippen molar-refractivity contribution in [2.24, 2.45) is 0 Å². The maximum atomic E-state index is 12.8. The smallest absolute Gasteiger partial charge is 0.273 e. The summed E-state index contributed by atoms with van der Waals surface area (Å²) in [6, 6.07) is 12.3. The average molecular weight is 314 g/mol. The Bertz CT molecular complexity index is 727. The molecule has 0 radical (unpaired) electrons. The minimum atomic E-state index is -0.516. The summed E-state index contributed by atoms with van der Waals surface area (Å²) in [6.45, 7) is 0. The predicted molar refractivity (Wildman–Crippen MR) is 84.0 cm³/mol. The van der Waals surface area contributed by atoms with Gasteiger partial charge < -0.3 is 4.74 Å². The molecule has 0 saturated carbocycles. The van der Waals surface area contributed by atoms with Gasteiger partial charge in [0.15, 0.2) is 0 Å². The van der Waals surface area contributed by atoms with Crippen LogP contribution < -0.4 is 15.6 Å². The molecule has 2 aromatic rings. The molecule has 2 aromatic carbocycles. The molecule has 118 valence electrons. The van der Waals surface area contributed by atoms with Crippen molar-refractivity contribution < 1.29 is 18.7 Å². The summed E-state index contributed by atoms with van der Waals surface area (Å²) in [5.74, 6) is -0.958. The lowest BCUT2D eigenvalue weighted by Gasteiger charge is -2.08. The van der Waals surface area contributed by atoms with E-state index in [9.17, 15) is 14.0 Å². The molecule has 0 atom stereocenters. The van der Waals surface area contributed by atoms with Gasteiger partial charge >= 0.3 is 0 Å². The van der Waals surface area contributed by atoms with Gasteiger partial charge in [0.2, 0.25) is 0 Å². The van der Waals surface area contributed by atoms with E-state index >= 15 is 0 Å². The highest BCUT2D eigenvalue weighted by atomic mass is 19.1. The lowest BCUT2D eigenvalue weighted by molar-refractivity contribution is -0.117. The van der Waals surface area contributed by atoms with E-state index in [1.165, 1.54) is 43.5 Å². The van der Waals surface area contributed by atoms with Crippen molar-refractivity contribution >= 4 is 17.9 Å². The Labute approximate surface area is 132 Å². The third kappa shape index (κ3) is 4.67. The van der Waals surface area contributed by atoms with Gasteiger partial charge in [0.25, 0.3) is 11.8 Å². The van der Waals surface area contributed by atoms with E-state index in [1.54, 1.807) is 24.3 Å². The molecule has 23 heavy (non-hydrogen) atoms. The number of benzene rings is 2. The van der Waals surface area contributed by atoms with Crippen LogP contribution >= 0.6 is 0 Å². The van der Waals surface area contributed by atoms with Crippen LogP contribution in [0.25, 0.3) is 6.08 Å². The molecule has 0 fully saturated rings. The first-order valence-electron chi connectivity index (χ1n) is 6.77. The maximum Gasteiger partial charge on any atom is 0.273 e. The van der Waals surface area contributed by atoms with Crippen molar-refractivity contribution in [1.82, 2.24) is 10.9 Å². The molecule has 0 aliphatic carbocycles. The standard InChI is InChI=1S/C17H15FN2O3/c1-23-15-5-3-2-4-14(15)17(22)20-19-16(21)11-8-12-6-9-13(18)10-7-12/h2-11H,1H3,(H,19,21)(H,20,22). The summed E-state index contributed by atoms with van der Waals surface area (Å²) < 4.78 is 17.8. The lowest BCUT2D eigenvalue weighted by atomic mass is 10.2. The first-order chi connectivity index (χ1) is 11.1. The number of halogens is 1. The number of amides is 2. The van der Waals surface area contributed by atoms with Crippen LogP contribution in [0.2, 0.25) is 0 Å². The Morgan fingerprint density at radius 3 is 2.43 bits per heavy atom. The molecular weight excluding hydrogens is 299 g/mol. The van der Waals surface area contributed by atoms with Gasteiger partial charge in [-0.25, -0.2) is 4.39 Å². The van der Waals surface area contributed by atoms with Gasteiger partial charge in [0.05, 0.1) is 12.7 Å². The van der Waals surface area contributed by atoms with Gasteiger partial charge in [-0.15, -0.1) is 0 Å². The van der Waals surface area contributed by atoms with Gasteiger partial charge in [-0.05, 0) is 35.9 Å². The fourth-order valence-corrected chi connectivity index (χ4v) is 1.81. The van der Waals surface area contributed by atoms with Crippen LogP contribution in [-0.2, 0) is 4.79 Å². The Morgan fingerprint density at radius 1 is 1.04 bits per heavy atom. The Balaban J connectivity index is 1.91. The Hall–Kier alpha value is -3.15. The summed E-state index contributed by atoms with van der Waals surface area (Å²) in [7, 11) is 1.45. The van der Waals surface area contributed by atoms with Crippen molar-refractivity contribution in [3.8, 4) is 5.75 Å². The van der Waals surface area contributed by atoms with Crippen LogP contribution in [0.15, 0.2) is 54.6 Å². The van der Waals surface area contributed by atoms with E-state index in [0.717, 1.165) is 0 Å². The fraction of sp³-hybridized carbons (Fsp3) is 0.0588. The van der Waals surface area contributed by atoms with E-state index in [0.29, 0.717) is 16.9 Å². The largest absolute Gasteiger partial charge is 0.496 e. The predicted octanol–water partition coefficient (Wildman–Crippen LogP) is 2.31. The summed E-state index contributed by atoms with van der Waals surface area (Å²) in [5.41, 5.74) is 5.52. The molecular formula is C17H15FN2O3. The number of hydrazine groups is 1. The van der Waals surface area contributed by atoms with E-state index < -0.39 is 11.8 Å². The second-order valence-corrected chi connectivity index (χ2v) is 4.53. The van der Waals surface area contributed by atoms with Crippen molar-refractivity contribution in [3.05, 3.63) is 71.6 Å². The highest BCUT2D eigenvalue weighted by Gasteiger charge is 2.11. The van der Waals surface area contributed by atoms with Crippen molar-refractivity contribution in [3.63, 3.8) is 0 Å². The van der Waals surface area contributed by atoms with Crippen LogP contribution in [0.4, 0.5) is 4.39 Å². The number of methoxy groups -OCH3 is 1. The molecule has 0 unspecified atom stereocenters. The molecule has 2 N–H and O–H groups in total. The zero-order valence-electron chi connectivity index (χ0n) is 12.4. The number of hydrogen-bond acceptors (Lipinski definition) is 3. The number of para-hydroxylation sites is 1. The third-order valence-corrected chi connectivity index (χ3v) is 2.95. The molecule has 0 bridgehead atoms. The zero-order valence-corrected chi connectivity index (χ0v) is 12.4. The van der Waals surface area contributed by atoms with Crippen LogP contribution in [-0.4, -0.2) is 18.9 Å². The minimum absolute atomic E-state index is 0.304. The van der Waals surface area contributed by atoms with Crippen LogP contribution in [0, 0.1) is 5.82 Å². The molecule has 0 aromatic heterocycles. The van der Waals surface area contributed by atoms with Crippen molar-refractivity contribution in [1.29, 1.82) is 0 Å². The van der Waals surface area contributed by atoms with E-state index in [2.05, 4.69) is 10.9 Å². The third-order valence-electron chi connectivity index (χ3n) is 2.95. The maximum absolute atomic E-state index is 12.8. The summed E-state index contributed by atoms with van der Waals surface area (Å²) >= 11 is 0. The topological polar surface area (TPSA) is 67.4 Å². The van der Waals surface area contributed by atoms with E-state index in [4.69, 9.17) is 4.74 Å². The summed E-state index contributed by atoms with van der Waals surface area (Å²) in [6.07, 6.45) is 2.74. The number of carbonyl (C=O) groups is 2. The number of nitrogens with one attached hydrogen (secondary N) is 2. The second-order valence-electron chi connectivity index (χ2n) is 4.53. The van der Waals surface area contributed by atoms with Gasteiger partial charge in [0, 0.05) is 6.08 Å². The van der Waals surface area contributed by atoms with E-state index in [-0.39, 0.29) is 5.82 Å². The van der Waals surface area contributed by atoms with Gasteiger partial charge in [-0.1, -0.05) is 24.3 Å². The first kappa shape index (κ1) is 16.2. The number of ether oxygens (including phenoxy) is 1. The SMILES string of the molecule is COc1ccccc1C(=O)NNC(=O)C=Cc1ccc(F)cc1. The molecule has 6 heteroatoms. The molecule has 0 spiro atoms. The van der Waals surface area contributed by atoms with Crippen LogP contribution in [0.5, 0.6) is 5.75 Å². The highest BCUT2D eigenvalue weighted by Crippen LogP contribution is 2.16. The number of rotatable bonds is 4. The Kier molecular flexibility index (Phi) is 5.46. The summed E-state index contributed by atoms with van der Waals surface area (Å²) in [5, 5.41) is 0. The molecule has 5 nitrogen and oxygen atoms in total. The van der Waals surface area contributed by atoms with E-state index in [1.807, 2.05) is 0 Å². The molecule has 0 saturated heterocycles. The fourth-order valence-electron chi connectivity index (χ4n) is 1.81. The van der Waals surface area contributed by atoms with Crippen LogP contribution in [0.3, 0.4) is 0 Å². The summed E-state index contributed by atoms with van der Waals surface area (Å²) in [4.78, 5) is 23.6. The molecule has 0 heterocycles. The minimum Gasteiger partial charge on any atom is -0.496 e. The van der Waals surface area contributed by atoms with Gasteiger partial charge in [0.1, 0.15) is 11.6 Å². The first-order valence-corrected chi connectivity index (χ1v) is 6.77. The van der Waals surface area contributed by atoms with Gasteiger partial charge in [-0.3, -0.25) is 20.4 Å². The highest BCUT2D eigenvalue weighted by molar-refractivity contribution is 5.99. The molecule has 2 amide bonds.